The zero-order chi connectivity index (χ0) is 25.6. The van der Waals surface area contributed by atoms with Gasteiger partial charge in [-0.05, 0) is 61.1 Å². The van der Waals surface area contributed by atoms with Crippen LogP contribution in [0.5, 0.6) is 0 Å². The van der Waals surface area contributed by atoms with Gasteiger partial charge >= 0.3 is 5.69 Å². The molecule has 0 aliphatic carbocycles. The Morgan fingerprint density at radius 2 is 1.78 bits per heavy atom. The minimum Gasteiger partial charge on any atom is -0.324 e. The number of aromatic nitrogens is 4. The van der Waals surface area contributed by atoms with Gasteiger partial charge in [0.05, 0.1) is 15.7 Å². The van der Waals surface area contributed by atoms with Gasteiger partial charge in [0.25, 0.3) is 5.56 Å². The Kier molecular flexibility index (Phi) is 6.57. The molecule has 1 aliphatic heterocycles. The van der Waals surface area contributed by atoms with Gasteiger partial charge in [-0.2, -0.15) is 10.0 Å². The van der Waals surface area contributed by atoms with E-state index in [4.69, 9.17) is 23.2 Å². The monoisotopic (exact) mass is 526 g/mol. The zero-order valence-corrected chi connectivity index (χ0v) is 21.2. The van der Waals surface area contributed by atoms with Crippen LogP contribution in [0.2, 0.25) is 10.0 Å². The van der Waals surface area contributed by atoms with E-state index in [-0.39, 0.29) is 32.7 Å². The molecule has 0 bridgehead atoms. The van der Waals surface area contributed by atoms with Crippen LogP contribution in [0.1, 0.15) is 29.9 Å². The Morgan fingerprint density at radius 3 is 2.44 bits per heavy atom. The molecule has 36 heavy (non-hydrogen) atoms. The van der Waals surface area contributed by atoms with Crippen LogP contribution < -0.4 is 16.6 Å². The Balaban J connectivity index is 1.49. The van der Waals surface area contributed by atoms with Crippen molar-refractivity contribution in [3.8, 4) is 5.69 Å². The predicted octanol–water partition coefficient (Wildman–Crippen LogP) is 4.41. The first-order chi connectivity index (χ1) is 17.2. The molecule has 186 valence electrons. The number of piperidine rings is 1. The van der Waals surface area contributed by atoms with E-state index in [1.807, 2.05) is 12.1 Å². The highest BCUT2D eigenvalue weighted by Crippen LogP contribution is 2.31. The molecule has 0 amide bonds. The van der Waals surface area contributed by atoms with Crippen LogP contribution in [0.25, 0.3) is 16.7 Å². The molecule has 1 aliphatic rings. The Labute approximate surface area is 216 Å². The van der Waals surface area contributed by atoms with E-state index >= 15 is 0 Å². The summed E-state index contributed by atoms with van der Waals surface area (Å²) in [5.41, 5.74) is 2.25. The summed E-state index contributed by atoms with van der Waals surface area (Å²) >= 11 is 12.5. The van der Waals surface area contributed by atoms with E-state index in [0.717, 1.165) is 28.7 Å². The molecule has 0 spiro atoms. The molecule has 2 aromatic heterocycles. The van der Waals surface area contributed by atoms with E-state index in [2.05, 4.69) is 28.3 Å². The summed E-state index contributed by atoms with van der Waals surface area (Å²) in [5, 5.41) is 14.7. The smallest absolute Gasteiger partial charge is 0.324 e. The minimum atomic E-state index is -0.624. The number of rotatable bonds is 4. The molecule has 0 radical (unpaired) electrons. The lowest BCUT2D eigenvalue weighted by Crippen LogP contribution is -2.38. The lowest BCUT2D eigenvalue weighted by atomic mass is 9.87. The van der Waals surface area contributed by atoms with Gasteiger partial charge in [-0.25, -0.2) is 14.3 Å². The number of aryl methyl sites for hydroxylation is 2. The molecular formula is C25H24Cl2N6O3. The minimum absolute atomic E-state index is 0.121. The summed E-state index contributed by atoms with van der Waals surface area (Å²) in [6, 6.07) is 10.8. The molecule has 9 nitrogen and oxygen atoms in total. The fourth-order valence-electron chi connectivity index (χ4n) is 4.70. The second kappa shape index (κ2) is 9.67. The van der Waals surface area contributed by atoms with Crippen molar-refractivity contribution >= 4 is 45.9 Å². The predicted molar refractivity (Wildman–Crippen MR) is 140 cm³/mol. The maximum Gasteiger partial charge on any atom is 0.337 e. The highest BCUT2D eigenvalue weighted by molar-refractivity contribution is 6.37. The summed E-state index contributed by atoms with van der Waals surface area (Å²) in [5.74, 6) is 0.661. The number of hydrogen-bond acceptors (Lipinski definition) is 7. The van der Waals surface area contributed by atoms with Crippen LogP contribution in [-0.4, -0.2) is 42.5 Å². The van der Waals surface area contributed by atoms with Crippen molar-refractivity contribution in [2.45, 2.75) is 25.7 Å². The Morgan fingerprint density at radius 1 is 1.08 bits per heavy atom. The van der Waals surface area contributed by atoms with Gasteiger partial charge in [0.1, 0.15) is 5.39 Å². The Hall–Kier alpha value is -3.24. The SMILES string of the molecule is Cc1cc(Nc2ncc3c(=O)n(-c4c(Cl)cccc4Cl)c(=O)n(C)c3n2)ccc1C1CCN(O)CC1. The maximum atomic E-state index is 13.2. The molecule has 1 fully saturated rings. The first-order valence-corrected chi connectivity index (χ1v) is 12.2. The van der Waals surface area contributed by atoms with Crippen LogP contribution in [-0.2, 0) is 7.05 Å². The third kappa shape index (κ3) is 4.39. The van der Waals surface area contributed by atoms with Crippen LogP contribution in [0.15, 0.2) is 52.2 Å². The van der Waals surface area contributed by atoms with Crippen molar-refractivity contribution < 1.29 is 5.21 Å². The molecule has 0 saturated carbocycles. The highest BCUT2D eigenvalue weighted by Gasteiger charge is 2.21. The highest BCUT2D eigenvalue weighted by atomic mass is 35.5. The van der Waals surface area contributed by atoms with Crippen molar-refractivity contribution in [2.75, 3.05) is 18.4 Å². The van der Waals surface area contributed by atoms with Crippen LogP contribution >= 0.6 is 23.2 Å². The number of benzene rings is 2. The third-order valence-electron chi connectivity index (χ3n) is 6.60. The number of fused-ring (bicyclic) bond motifs is 1. The summed E-state index contributed by atoms with van der Waals surface area (Å²) in [6.07, 6.45) is 3.20. The van der Waals surface area contributed by atoms with Crippen LogP contribution in [0, 0.1) is 6.92 Å². The van der Waals surface area contributed by atoms with Gasteiger partial charge in [0.15, 0.2) is 5.65 Å². The van der Waals surface area contributed by atoms with Gasteiger partial charge in [-0.1, -0.05) is 35.3 Å². The molecular weight excluding hydrogens is 503 g/mol. The maximum absolute atomic E-state index is 13.2. The number of anilines is 2. The second-order valence-corrected chi connectivity index (χ2v) is 9.72. The summed E-state index contributed by atoms with van der Waals surface area (Å²) in [6.45, 7) is 3.38. The largest absolute Gasteiger partial charge is 0.337 e. The number of nitrogens with zero attached hydrogens (tertiary/aromatic N) is 5. The van der Waals surface area contributed by atoms with Crippen molar-refractivity contribution in [3.63, 3.8) is 0 Å². The average Bonchev–Trinajstić information content (AvgIpc) is 2.85. The Bertz CT molecular complexity index is 1570. The standard InChI is InChI=1S/C25H24Cl2N6O3/c1-14-12-16(6-7-17(14)15-8-10-32(36)11-9-15)29-24-28-13-18-22(30-24)31(2)25(35)33(23(18)34)21-19(26)4-3-5-20(21)27/h3-7,12-13,15,36H,8-11H2,1-2H3,(H,28,29,30). The van der Waals surface area contributed by atoms with Crippen molar-refractivity contribution in [2.24, 2.45) is 7.05 Å². The van der Waals surface area contributed by atoms with E-state index in [1.54, 1.807) is 18.2 Å². The molecule has 2 N–H and O–H groups in total. The summed E-state index contributed by atoms with van der Waals surface area (Å²) in [7, 11) is 1.53. The van der Waals surface area contributed by atoms with Crippen LogP contribution in [0.4, 0.5) is 11.6 Å². The summed E-state index contributed by atoms with van der Waals surface area (Å²) < 4.78 is 2.21. The van der Waals surface area contributed by atoms with Gasteiger partial charge in [-0.3, -0.25) is 9.36 Å². The molecule has 4 aromatic rings. The molecule has 11 heteroatoms. The molecule has 0 atom stereocenters. The molecule has 0 unspecified atom stereocenters. The molecule has 3 heterocycles. The molecule has 2 aromatic carbocycles. The zero-order valence-electron chi connectivity index (χ0n) is 19.7. The fourth-order valence-corrected chi connectivity index (χ4v) is 5.27. The topological polar surface area (TPSA) is 105 Å². The van der Waals surface area contributed by atoms with Gasteiger partial charge in [0, 0.05) is 32.0 Å². The van der Waals surface area contributed by atoms with Gasteiger partial charge in [-0.15, -0.1) is 0 Å². The second-order valence-electron chi connectivity index (χ2n) is 8.91. The average molecular weight is 527 g/mol. The van der Waals surface area contributed by atoms with Crippen LogP contribution in [0.3, 0.4) is 0 Å². The number of para-hydroxylation sites is 1. The van der Waals surface area contributed by atoms with E-state index < -0.39 is 11.2 Å². The molecule has 5 rings (SSSR count). The number of nitrogens with one attached hydrogen (secondary N) is 1. The van der Waals surface area contributed by atoms with Crippen molar-refractivity contribution in [1.29, 1.82) is 0 Å². The number of hydroxylamine groups is 2. The fraction of sp³-hybridized carbons (Fsp3) is 0.280. The first-order valence-electron chi connectivity index (χ1n) is 11.5. The number of halogens is 2. The third-order valence-corrected chi connectivity index (χ3v) is 7.21. The van der Waals surface area contributed by atoms with E-state index in [0.29, 0.717) is 19.0 Å². The molecule has 1 saturated heterocycles. The van der Waals surface area contributed by atoms with Gasteiger partial charge in [0.2, 0.25) is 5.95 Å². The normalized spacial score (nSPS) is 14.9. The van der Waals surface area contributed by atoms with Crippen molar-refractivity contribution in [3.05, 3.63) is 84.6 Å². The summed E-state index contributed by atoms with van der Waals surface area (Å²) in [4.78, 5) is 35.1. The van der Waals surface area contributed by atoms with E-state index in [1.165, 1.54) is 28.4 Å². The quantitative estimate of drug-likeness (QED) is 0.405. The number of hydrogen-bond donors (Lipinski definition) is 2. The van der Waals surface area contributed by atoms with Gasteiger partial charge < -0.3 is 10.5 Å². The van der Waals surface area contributed by atoms with E-state index in [9.17, 15) is 14.8 Å². The van der Waals surface area contributed by atoms with Crippen molar-refractivity contribution in [1.82, 2.24) is 24.2 Å². The lowest BCUT2D eigenvalue weighted by molar-refractivity contribution is -0.106. The lowest BCUT2D eigenvalue weighted by Gasteiger charge is -2.28. The first kappa shape index (κ1) is 24.5.